The number of aromatic nitrogens is 2. The molecule has 0 aliphatic carbocycles. The first kappa shape index (κ1) is 10.8. The van der Waals surface area contributed by atoms with Crippen LogP contribution in [0.3, 0.4) is 0 Å². The lowest BCUT2D eigenvalue weighted by atomic mass is 9.89. The molecule has 7 heteroatoms. The summed E-state index contributed by atoms with van der Waals surface area (Å²) in [6, 6.07) is 0.649. The highest BCUT2D eigenvalue weighted by Gasteiger charge is 2.43. The Bertz CT molecular complexity index is 403. The summed E-state index contributed by atoms with van der Waals surface area (Å²) in [5.41, 5.74) is -0.801. The van der Waals surface area contributed by atoms with Gasteiger partial charge in [0.15, 0.2) is 0 Å². The smallest absolute Gasteiger partial charge is 0.332 e. The molecule has 2 unspecified atom stereocenters. The van der Waals surface area contributed by atoms with Crippen LogP contribution < -0.4 is 10.2 Å². The molecule has 2 bridgehead atoms. The molecule has 17 heavy (non-hydrogen) atoms. The van der Waals surface area contributed by atoms with Crippen molar-refractivity contribution < 1.29 is 13.2 Å². The number of piperazine rings is 1. The summed E-state index contributed by atoms with van der Waals surface area (Å²) in [5.74, 6) is 0.403. The zero-order chi connectivity index (χ0) is 12.0. The van der Waals surface area contributed by atoms with E-state index >= 15 is 0 Å². The van der Waals surface area contributed by atoms with Crippen molar-refractivity contribution in [2.24, 2.45) is 0 Å². The third-order valence-electron chi connectivity index (χ3n) is 3.29. The number of anilines is 1. The van der Waals surface area contributed by atoms with Gasteiger partial charge in [0.1, 0.15) is 0 Å². The average Bonchev–Trinajstić information content (AvgIpc) is 2.29. The largest absolute Gasteiger partial charge is 0.419 e. The zero-order valence-corrected chi connectivity index (χ0v) is 8.91. The maximum absolute atomic E-state index is 12.3. The SMILES string of the molecule is FC(F)(F)c1cnc(N2C3CNCC2C3)nc1. The van der Waals surface area contributed by atoms with Crippen LogP contribution in [-0.4, -0.2) is 35.1 Å². The van der Waals surface area contributed by atoms with Crippen LogP contribution in [0, 0.1) is 0 Å². The highest BCUT2D eigenvalue weighted by atomic mass is 19.4. The quantitative estimate of drug-likeness (QED) is 0.801. The summed E-state index contributed by atoms with van der Waals surface area (Å²) in [7, 11) is 0. The van der Waals surface area contributed by atoms with Gasteiger partial charge in [-0.25, -0.2) is 9.97 Å². The first-order valence-corrected chi connectivity index (χ1v) is 5.44. The molecule has 2 atom stereocenters. The minimum absolute atomic E-state index is 0.325. The van der Waals surface area contributed by atoms with Gasteiger partial charge in [0.2, 0.25) is 5.95 Å². The van der Waals surface area contributed by atoms with E-state index in [1.54, 1.807) is 0 Å². The second-order valence-electron chi connectivity index (χ2n) is 4.38. The van der Waals surface area contributed by atoms with Gasteiger partial charge in [0.05, 0.1) is 5.56 Å². The van der Waals surface area contributed by atoms with Crippen molar-refractivity contribution in [3.8, 4) is 0 Å². The van der Waals surface area contributed by atoms with Gasteiger partial charge in [0, 0.05) is 37.6 Å². The van der Waals surface area contributed by atoms with Crippen LogP contribution in [0.5, 0.6) is 0 Å². The molecule has 4 nitrogen and oxygen atoms in total. The fraction of sp³-hybridized carbons (Fsp3) is 0.600. The van der Waals surface area contributed by atoms with Crippen LogP contribution in [0.15, 0.2) is 12.4 Å². The van der Waals surface area contributed by atoms with E-state index in [1.807, 2.05) is 4.90 Å². The Morgan fingerprint density at radius 3 is 2.24 bits per heavy atom. The molecule has 0 radical (unpaired) electrons. The lowest BCUT2D eigenvalue weighted by molar-refractivity contribution is -0.138. The molecular weight excluding hydrogens is 233 g/mol. The fourth-order valence-corrected chi connectivity index (χ4v) is 2.41. The second-order valence-corrected chi connectivity index (χ2v) is 4.38. The van der Waals surface area contributed by atoms with Gasteiger partial charge in [-0.1, -0.05) is 0 Å². The van der Waals surface area contributed by atoms with Crippen molar-refractivity contribution in [2.75, 3.05) is 18.0 Å². The predicted octanol–water partition coefficient (Wildman–Crippen LogP) is 1.05. The van der Waals surface area contributed by atoms with Gasteiger partial charge in [-0.2, -0.15) is 13.2 Å². The number of alkyl halides is 3. The zero-order valence-electron chi connectivity index (χ0n) is 8.91. The monoisotopic (exact) mass is 244 g/mol. The molecule has 2 fully saturated rings. The van der Waals surface area contributed by atoms with Crippen LogP contribution in [0.25, 0.3) is 0 Å². The summed E-state index contributed by atoms with van der Waals surface area (Å²) in [5, 5.41) is 3.24. The maximum atomic E-state index is 12.3. The molecular formula is C10H11F3N4. The molecule has 0 saturated carbocycles. The van der Waals surface area contributed by atoms with Crippen LogP contribution in [-0.2, 0) is 6.18 Å². The Morgan fingerprint density at radius 2 is 1.76 bits per heavy atom. The number of piperidine rings is 1. The van der Waals surface area contributed by atoms with Crippen molar-refractivity contribution >= 4 is 5.95 Å². The Labute approximate surface area is 95.9 Å². The standard InChI is InChI=1S/C10H11F3N4/c11-10(12,13)6-2-15-9(16-3-6)17-7-1-8(17)5-14-4-7/h2-3,7-8,14H,1,4-5H2. The lowest BCUT2D eigenvalue weighted by Crippen LogP contribution is -2.68. The first-order chi connectivity index (χ1) is 8.05. The van der Waals surface area contributed by atoms with Crippen molar-refractivity contribution in [3.05, 3.63) is 18.0 Å². The Hall–Kier alpha value is -1.37. The molecule has 2 saturated heterocycles. The highest BCUT2D eigenvalue weighted by molar-refractivity contribution is 5.40. The van der Waals surface area contributed by atoms with E-state index in [4.69, 9.17) is 0 Å². The number of nitrogens with zero attached hydrogens (tertiary/aromatic N) is 3. The van der Waals surface area contributed by atoms with Crippen LogP contribution in [0.4, 0.5) is 19.1 Å². The molecule has 0 spiro atoms. The van der Waals surface area contributed by atoms with Gasteiger partial charge in [0.25, 0.3) is 0 Å². The molecule has 3 rings (SSSR count). The predicted molar refractivity (Wildman–Crippen MR) is 54.6 cm³/mol. The summed E-state index contributed by atoms with van der Waals surface area (Å²) in [6.45, 7) is 1.70. The highest BCUT2D eigenvalue weighted by Crippen LogP contribution is 2.33. The number of halogens is 3. The molecule has 2 aliphatic heterocycles. The van der Waals surface area contributed by atoms with E-state index in [-0.39, 0.29) is 0 Å². The van der Waals surface area contributed by atoms with E-state index in [0.29, 0.717) is 18.0 Å². The summed E-state index contributed by atoms with van der Waals surface area (Å²) in [4.78, 5) is 9.63. The Balaban J connectivity index is 1.81. The number of hydrogen-bond donors (Lipinski definition) is 1. The summed E-state index contributed by atoms with van der Waals surface area (Å²) >= 11 is 0. The Kier molecular flexibility index (Phi) is 2.25. The molecule has 1 aromatic heterocycles. The number of fused-ring (bicyclic) bond motifs is 2. The average molecular weight is 244 g/mol. The van der Waals surface area contributed by atoms with Gasteiger partial charge >= 0.3 is 6.18 Å². The molecule has 2 aliphatic rings. The van der Waals surface area contributed by atoms with Crippen molar-refractivity contribution in [1.82, 2.24) is 15.3 Å². The minimum atomic E-state index is -4.37. The van der Waals surface area contributed by atoms with Crippen molar-refractivity contribution in [2.45, 2.75) is 24.7 Å². The van der Waals surface area contributed by atoms with Gasteiger partial charge in [-0.15, -0.1) is 0 Å². The van der Waals surface area contributed by atoms with E-state index < -0.39 is 11.7 Å². The molecule has 92 valence electrons. The minimum Gasteiger partial charge on any atom is -0.332 e. The van der Waals surface area contributed by atoms with Gasteiger partial charge in [-0.3, -0.25) is 0 Å². The normalized spacial score (nSPS) is 27.8. The number of hydrogen-bond acceptors (Lipinski definition) is 4. The molecule has 1 N–H and O–H groups in total. The van der Waals surface area contributed by atoms with E-state index in [9.17, 15) is 13.2 Å². The van der Waals surface area contributed by atoms with Gasteiger partial charge < -0.3 is 10.2 Å². The molecule has 0 aromatic carbocycles. The van der Waals surface area contributed by atoms with Crippen molar-refractivity contribution in [3.63, 3.8) is 0 Å². The molecule has 3 heterocycles. The van der Waals surface area contributed by atoms with Crippen LogP contribution in [0.1, 0.15) is 12.0 Å². The first-order valence-electron chi connectivity index (χ1n) is 5.44. The third-order valence-corrected chi connectivity index (χ3v) is 3.29. The van der Waals surface area contributed by atoms with E-state index in [1.165, 1.54) is 0 Å². The van der Waals surface area contributed by atoms with E-state index in [2.05, 4.69) is 15.3 Å². The second kappa shape index (κ2) is 3.56. The lowest BCUT2D eigenvalue weighted by Gasteiger charge is -2.53. The van der Waals surface area contributed by atoms with Crippen LogP contribution >= 0.6 is 0 Å². The number of nitrogens with one attached hydrogen (secondary N) is 1. The third kappa shape index (κ3) is 1.74. The van der Waals surface area contributed by atoms with E-state index in [0.717, 1.165) is 31.9 Å². The molecule has 1 aromatic rings. The fourth-order valence-electron chi connectivity index (χ4n) is 2.41. The summed E-state index contributed by atoms with van der Waals surface area (Å²) in [6.07, 6.45) is -1.60. The van der Waals surface area contributed by atoms with Gasteiger partial charge in [-0.05, 0) is 6.42 Å². The topological polar surface area (TPSA) is 41.1 Å². The summed E-state index contributed by atoms with van der Waals surface area (Å²) < 4.78 is 37.0. The number of rotatable bonds is 1. The van der Waals surface area contributed by atoms with Crippen molar-refractivity contribution in [1.29, 1.82) is 0 Å². The maximum Gasteiger partial charge on any atom is 0.419 e. The van der Waals surface area contributed by atoms with Crippen LogP contribution in [0.2, 0.25) is 0 Å². The Morgan fingerprint density at radius 1 is 1.18 bits per heavy atom. The molecule has 0 amide bonds.